The maximum Gasteiger partial charge on any atom is 0.244 e. The normalized spacial score (nSPS) is 12.2. The third kappa shape index (κ3) is 6.30. The smallest absolute Gasteiger partial charge is 0.244 e. The fourth-order valence-electron chi connectivity index (χ4n) is 2.90. The van der Waals surface area contributed by atoms with Gasteiger partial charge in [-0.2, -0.15) is 0 Å². The molecule has 0 aliphatic rings. The Labute approximate surface area is 186 Å². The molecule has 0 spiro atoms. The van der Waals surface area contributed by atoms with Gasteiger partial charge in [-0.1, -0.05) is 45.8 Å². The number of nitrogens with zero attached hydrogens (tertiary/aromatic N) is 2. The van der Waals surface area contributed by atoms with E-state index >= 15 is 0 Å². The summed E-state index contributed by atoms with van der Waals surface area (Å²) >= 11 is 3.32. The van der Waals surface area contributed by atoms with Crippen LogP contribution in [0, 0.1) is 6.92 Å². The number of hydrogen-bond acceptors (Lipinski definition) is 4. The highest BCUT2D eigenvalue weighted by atomic mass is 79.9. The molecule has 30 heavy (non-hydrogen) atoms. The highest BCUT2D eigenvalue weighted by molar-refractivity contribution is 9.10. The van der Waals surface area contributed by atoms with Crippen LogP contribution in [-0.4, -0.2) is 51.0 Å². The van der Waals surface area contributed by atoms with Crippen LogP contribution in [0.4, 0.5) is 5.69 Å². The number of sulfonamides is 1. The Kier molecular flexibility index (Phi) is 8.03. The molecule has 162 valence electrons. The van der Waals surface area contributed by atoms with Crippen molar-refractivity contribution >= 4 is 43.5 Å². The molecule has 9 heteroatoms. The lowest BCUT2D eigenvalue weighted by Crippen LogP contribution is -2.50. The summed E-state index contributed by atoms with van der Waals surface area (Å²) < 4.78 is 26.6. The third-order valence-corrected chi connectivity index (χ3v) is 6.35. The summed E-state index contributed by atoms with van der Waals surface area (Å²) in [5, 5.41) is 2.55. The van der Waals surface area contributed by atoms with Crippen LogP contribution in [0.3, 0.4) is 0 Å². The van der Waals surface area contributed by atoms with Crippen molar-refractivity contribution < 1.29 is 18.0 Å². The van der Waals surface area contributed by atoms with Crippen LogP contribution in [0.5, 0.6) is 0 Å². The van der Waals surface area contributed by atoms with Gasteiger partial charge in [-0.05, 0) is 43.7 Å². The van der Waals surface area contributed by atoms with Crippen LogP contribution in [0.2, 0.25) is 0 Å². The maximum absolute atomic E-state index is 13.2. The lowest BCUT2D eigenvalue weighted by atomic mass is 10.1. The van der Waals surface area contributed by atoms with E-state index in [0.29, 0.717) is 5.69 Å². The topological polar surface area (TPSA) is 86.8 Å². The number of aryl methyl sites for hydroxylation is 1. The van der Waals surface area contributed by atoms with Gasteiger partial charge in [0.2, 0.25) is 21.8 Å². The highest BCUT2D eigenvalue weighted by Crippen LogP contribution is 2.21. The zero-order chi connectivity index (χ0) is 22.5. The van der Waals surface area contributed by atoms with Gasteiger partial charge in [0.25, 0.3) is 0 Å². The molecule has 0 fully saturated rings. The molecule has 2 aromatic rings. The molecule has 7 nitrogen and oxygen atoms in total. The van der Waals surface area contributed by atoms with Crippen molar-refractivity contribution in [2.24, 2.45) is 0 Å². The molecule has 1 atom stereocenters. The molecule has 1 N–H and O–H groups in total. The van der Waals surface area contributed by atoms with Crippen LogP contribution in [0.25, 0.3) is 0 Å². The number of carbonyl (C=O) groups excluding carboxylic acids is 2. The van der Waals surface area contributed by atoms with Gasteiger partial charge < -0.3 is 10.2 Å². The van der Waals surface area contributed by atoms with Gasteiger partial charge in [0.1, 0.15) is 12.6 Å². The minimum Gasteiger partial charge on any atom is -0.357 e. The third-order valence-electron chi connectivity index (χ3n) is 4.68. The van der Waals surface area contributed by atoms with Crippen molar-refractivity contribution in [1.29, 1.82) is 0 Å². The number of halogens is 1. The minimum atomic E-state index is -3.72. The number of rotatable bonds is 8. The summed E-state index contributed by atoms with van der Waals surface area (Å²) in [5.74, 6) is -0.801. The quantitative estimate of drug-likeness (QED) is 0.609. The Balaban J connectivity index is 2.35. The predicted octanol–water partition coefficient (Wildman–Crippen LogP) is 2.69. The molecule has 0 aromatic heterocycles. The van der Waals surface area contributed by atoms with Crippen molar-refractivity contribution in [2.75, 3.05) is 24.2 Å². The van der Waals surface area contributed by atoms with E-state index in [9.17, 15) is 18.0 Å². The Hall–Kier alpha value is -2.39. The molecule has 0 radical (unpaired) electrons. The number of carbonyl (C=O) groups is 2. The lowest BCUT2D eigenvalue weighted by molar-refractivity contribution is -0.139. The van der Waals surface area contributed by atoms with Crippen LogP contribution < -0.4 is 9.62 Å². The van der Waals surface area contributed by atoms with Crippen LogP contribution in [-0.2, 0) is 26.2 Å². The van der Waals surface area contributed by atoms with Gasteiger partial charge in [0, 0.05) is 18.1 Å². The molecule has 0 aliphatic heterocycles. The summed E-state index contributed by atoms with van der Waals surface area (Å²) in [6, 6.07) is 13.5. The van der Waals surface area contributed by atoms with E-state index in [4.69, 9.17) is 0 Å². The molecule has 2 amide bonds. The van der Waals surface area contributed by atoms with Crippen molar-refractivity contribution in [3.63, 3.8) is 0 Å². The van der Waals surface area contributed by atoms with Crippen LogP contribution >= 0.6 is 15.9 Å². The Morgan fingerprint density at radius 3 is 2.13 bits per heavy atom. The fraction of sp³-hybridized carbons (Fsp3) is 0.333. The molecule has 0 heterocycles. The number of nitrogens with one attached hydrogen (secondary N) is 1. The Morgan fingerprint density at radius 2 is 1.63 bits per heavy atom. The van der Waals surface area contributed by atoms with Gasteiger partial charge in [-0.25, -0.2) is 8.42 Å². The average molecular weight is 496 g/mol. The van der Waals surface area contributed by atoms with Crippen molar-refractivity contribution in [2.45, 2.75) is 26.4 Å². The molecule has 0 saturated heterocycles. The molecule has 0 aliphatic carbocycles. The number of hydrogen-bond donors (Lipinski definition) is 1. The summed E-state index contributed by atoms with van der Waals surface area (Å²) in [4.78, 5) is 26.8. The van der Waals surface area contributed by atoms with Gasteiger partial charge in [0.15, 0.2) is 0 Å². The fourth-order valence-corrected chi connectivity index (χ4v) is 4.02. The monoisotopic (exact) mass is 495 g/mol. The van der Waals surface area contributed by atoms with Crippen LogP contribution in [0.15, 0.2) is 53.0 Å². The second-order valence-electron chi connectivity index (χ2n) is 7.04. The standard InChI is InChI=1S/C21H26BrN3O4S/c1-15-5-7-17(8-6-15)13-24(16(2)21(27)23-3)20(26)14-25(30(4,28)29)19-11-9-18(22)10-12-19/h5-12,16H,13-14H2,1-4H3,(H,23,27)/t16-/m0/s1. The molecule has 2 rings (SSSR count). The summed E-state index contributed by atoms with van der Waals surface area (Å²) in [7, 11) is -2.22. The molecule has 2 aromatic carbocycles. The Bertz CT molecular complexity index is 992. The number of benzene rings is 2. The summed E-state index contributed by atoms with van der Waals surface area (Å²) in [6.07, 6.45) is 1.05. The lowest BCUT2D eigenvalue weighted by Gasteiger charge is -2.31. The molecule has 0 bridgehead atoms. The molecule has 0 unspecified atom stereocenters. The zero-order valence-electron chi connectivity index (χ0n) is 17.4. The van der Waals surface area contributed by atoms with Crippen LogP contribution in [0.1, 0.15) is 18.1 Å². The predicted molar refractivity (Wildman–Crippen MR) is 122 cm³/mol. The summed E-state index contributed by atoms with van der Waals surface area (Å²) in [5.41, 5.74) is 2.30. The van der Waals surface area contributed by atoms with Crippen molar-refractivity contribution in [3.8, 4) is 0 Å². The first-order chi connectivity index (χ1) is 14.0. The molecular formula is C21H26BrN3O4S. The van der Waals surface area contributed by atoms with E-state index in [2.05, 4.69) is 21.2 Å². The largest absolute Gasteiger partial charge is 0.357 e. The van der Waals surface area contributed by atoms with Gasteiger partial charge in [-0.15, -0.1) is 0 Å². The average Bonchev–Trinajstić information content (AvgIpc) is 2.70. The highest BCUT2D eigenvalue weighted by Gasteiger charge is 2.29. The van der Waals surface area contributed by atoms with Gasteiger partial charge in [-0.3, -0.25) is 13.9 Å². The first kappa shape index (κ1) is 23.9. The Morgan fingerprint density at radius 1 is 1.07 bits per heavy atom. The zero-order valence-corrected chi connectivity index (χ0v) is 19.8. The molecule has 0 saturated carbocycles. The summed E-state index contributed by atoms with van der Waals surface area (Å²) in [6.45, 7) is 3.36. The van der Waals surface area contributed by atoms with E-state index in [-0.39, 0.29) is 12.5 Å². The molecular weight excluding hydrogens is 470 g/mol. The SMILES string of the molecule is CNC(=O)[C@H](C)N(Cc1ccc(C)cc1)C(=O)CN(c1ccc(Br)cc1)S(C)(=O)=O. The second kappa shape index (κ2) is 10.1. The number of anilines is 1. The number of amides is 2. The van der Waals surface area contributed by atoms with Gasteiger partial charge >= 0.3 is 0 Å². The van der Waals surface area contributed by atoms with E-state index in [1.807, 2.05) is 31.2 Å². The second-order valence-corrected chi connectivity index (χ2v) is 9.87. The number of likely N-dealkylation sites (N-methyl/N-ethyl adjacent to an activating group) is 1. The van der Waals surface area contributed by atoms with Gasteiger partial charge in [0.05, 0.1) is 11.9 Å². The first-order valence-corrected chi connectivity index (χ1v) is 12.0. The van der Waals surface area contributed by atoms with E-state index in [0.717, 1.165) is 26.2 Å². The van der Waals surface area contributed by atoms with Crippen molar-refractivity contribution in [3.05, 3.63) is 64.1 Å². The van der Waals surface area contributed by atoms with Crippen molar-refractivity contribution in [1.82, 2.24) is 10.2 Å². The van der Waals surface area contributed by atoms with E-state index < -0.39 is 28.5 Å². The van der Waals surface area contributed by atoms with E-state index in [1.165, 1.54) is 11.9 Å². The van der Waals surface area contributed by atoms with E-state index in [1.54, 1.807) is 31.2 Å². The maximum atomic E-state index is 13.2. The first-order valence-electron chi connectivity index (χ1n) is 9.33. The minimum absolute atomic E-state index is 0.186.